The smallest absolute Gasteiger partial charge is 0.111 e. The number of allylic oxidation sites excluding steroid dienone is 2. The molecule has 0 atom stereocenters. The van der Waals surface area contributed by atoms with Crippen LogP contribution < -0.4 is 0 Å². The summed E-state index contributed by atoms with van der Waals surface area (Å²) in [5, 5.41) is 0. The van der Waals surface area contributed by atoms with Gasteiger partial charge in [-0.3, -0.25) is 0 Å². The van der Waals surface area contributed by atoms with Gasteiger partial charge >= 0.3 is 0 Å². The molecule has 0 aromatic rings. The number of methoxy groups -OCH3 is 1. The summed E-state index contributed by atoms with van der Waals surface area (Å²) in [5.41, 5.74) is 0.954. The number of nitrogens with zero attached hydrogens (tertiary/aromatic N) is 2. The molecule has 0 unspecified atom stereocenters. The van der Waals surface area contributed by atoms with E-state index in [-0.39, 0.29) is 0 Å². The first-order chi connectivity index (χ1) is 6.97. The van der Waals surface area contributed by atoms with Gasteiger partial charge in [-0.2, -0.15) is 0 Å². The molecule has 0 radical (unpaired) electrons. The van der Waals surface area contributed by atoms with Crippen molar-refractivity contribution < 1.29 is 4.74 Å². The Morgan fingerprint density at radius 2 is 1.73 bits per heavy atom. The standard InChI is InChI=1S/C12H22N2O/c1-11(7-8-12(2)15-6)14(5)10-9-13(3)4/h7-8H,1-2,9-10H2,3-6H3/b8-7-. The third kappa shape index (κ3) is 6.80. The molecule has 0 amide bonds. The zero-order chi connectivity index (χ0) is 11.8. The first kappa shape index (κ1) is 13.8. The molecule has 0 N–H and O–H groups in total. The van der Waals surface area contributed by atoms with Crippen molar-refractivity contribution in [1.29, 1.82) is 0 Å². The molecule has 0 aliphatic carbocycles. The van der Waals surface area contributed by atoms with Gasteiger partial charge in [0.25, 0.3) is 0 Å². The summed E-state index contributed by atoms with van der Waals surface area (Å²) in [4.78, 5) is 4.24. The highest BCUT2D eigenvalue weighted by atomic mass is 16.5. The highest BCUT2D eigenvalue weighted by Gasteiger charge is 1.99. The van der Waals surface area contributed by atoms with Crippen molar-refractivity contribution in [3.05, 3.63) is 36.8 Å². The van der Waals surface area contributed by atoms with E-state index in [1.54, 1.807) is 7.11 Å². The van der Waals surface area contributed by atoms with Crippen LogP contribution in [0, 0.1) is 0 Å². The van der Waals surface area contributed by atoms with E-state index in [0.29, 0.717) is 5.76 Å². The number of hydrogen-bond acceptors (Lipinski definition) is 3. The van der Waals surface area contributed by atoms with Crippen LogP contribution in [0.4, 0.5) is 0 Å². The fourth-order valence-corrected chi connectivity index (χ4v) is 0.878. The molecule has 0 spiro atoms. The van der Waals surface area contributed by atoms with Gasteiger partial charge in [0.15, 0.2) is 0 Å². The van der Waals surface area contributed by atoms with Crippen LogP contribution in [0.3, 0.4) is 0 Å². The minimum absolute atomic E-state index is 0.636. The Bertz CT molecular complexity index is 244. The Hall–Kier alpha value is -1.22. The van der Waals surface area contributed by atoms with Crippen molar-refractivity contribution in [1.82, 2.24) is 9.80 Å². The van der Waals surface area contributed by atoms with E-state index in [9.17, 15) is 0 Å². The van der Waals surface area contributed by atoms with Crippen molar-refractivity contribution in [2.75, 3.05) is 41.3 Å². The Kier molecular flexibility index (Phi) is 6.54. The summed E-state index contributed by atoms with van der Waals surface area (Å²) in [6, 6.07) is 0. The van der Waals surface area contributed by atoms with Crippen molar-refractivity contribution >= 4 is 0 Å². The van der Waals surface area contributed by atoms with E-state index in [1.807, 2.05) is 19.2 Å². The molecule has 0 rings (SSSR count). The van der Waals surface area contributed by atoms with Gasteiger partial charge in [-0.25, -0.2) is 0 Å². The molecule has 86 valence electrons. The van der Waals surface area contributed by atoms with Gasteiger partial charge < -0.3 is 14.5 Å². The number of ether oxygens (including phenoxy) is 1. The Balaban J connectivity index is 3.99. The normalized spacial score (nSPS) is 10.7. The molecule has 0 saturated carbocycles. The average Bonchev–Trinajstić information content (AvgIpc) is 2.21. The summed E-state index contributed by atoms with van der Waals surface area (Å²) in [5.74, 6) is 0.636. The molecule has 0 saturated heterocycles. The highest BCUT2D eigenvalue weighted by molar-refractivity contribution is 5.20. The van der Waals surface area contributed by atoms with Crippen LogP contribution in [0.5, 0.6) is 0 Å². The van der Waals surface area contributed by atoms with E-state index in [1.165, 1.54) is 0 Å². The molecule has 0 bridgehead atoms. The minimum atomic E-state index is 0.636. The van der Waals surface area contributed by atoms with Gasteiger partial charge in [-0.05, 0) is 26.2 Å². The van der Waals surface area contributed by atoms with Crippen LogP contribution in [0.15, 0.2) is 36.8 Å². The van der Waals surface area contributed by atoms with Crippen LogP contribution in [-0.4, -0.2) is 51.1 Å². The SMILES string of the molecule is C=C(/C=C\C(=C)N(C)CCN(C)C)OC. The molecule has 3 nitrogen and oxygen atoms in total. The van der Waals surface area contributed by atoms with E-state index in [0.717, 1.165) is 18.8 Å². The van der Waals surface area contributed by atoms with E-state index >= 15 is 0 Å². The maximum absolute atomic E-state index is 4.93. The number of rotatable bonds is 7. The van der Waals surface area contributed by atoms with Crippen LogP contribution in [-0.2, 0) is 4.74 Å². The van der Waals surface area contributed by atoms with Crippen LogP contribution in [0.25, 0.3) is 0 Å². The van der Waals surface area contributed by atoms with Gasteiger partial charge in [0, 0.05) is 25.8 Å². The first-order valence-corrected chi connectivity index (χ1v) is 4.93. The van der Waals surface area contributed by atoms with Crippen molar-refractivity contribution in [3.63, 3.8) is 0 Å². The van der Waals surface area contributed by atoms with Gasteiger partial charge in [-0.15, -0.1) is 0 Å². The minimum Gasteiger partial charge on any atom is -0.497 e. The Morgan fingerprint density at radius 3 is 2.20 bits per heavy atom. The second-order valence-corrected chi connectivity index (χ2v) is 3.72. The molecule has 0 fully saturated rings. The topological polar surface area (TPSA) is 15.7 Å². The maximum Gasteiger partial charge on any atom is 0.111 e. The molecule has 0 heterocycles. The molecule has 0 aliphatic heterocycles. The predicted molar refractivity (Wildman–Crippen MR) is 65.6 cm³/mol. The molecule has 0 aromatic heterocycles. The van der Waals surface area contributed by atoms with Gasteiger partial charge in [0.2, 0.25) is 0 Å². The Morgan fingerprint density at radius 1 is 1.13 bits per heavy atom. The second-order valence-electron chi connectivity index (χ2n) is 3.72. The summed E-state index contributed by atoms with van der Waals surface area (Å²) in [7, 11) is 7.73. The highest BCUT2D eigenvalue weighted by Crippen LogP contribution is 2.02. The quantitative estimate of drug-likeness (QED) is 0.470. The summed E-state index contributed by atoms with van der Waals surface area (Å²) >= 11 is 0. The van der Waals surface area contributed by atoms with Gasteiger partial charge in [0.1, 0.15) is 5.76 Å². The van der Waals surface area contributed by atoms with Crippen LogP contribution in [0.1, 0.15) is 0 Å². The van der Waals surface area contributed by atoms with E-state index in [2.05, 4.69) is 37.1 Å². The summed E-state index contributed by atoms with van der Waals surface area (Å²) < 4.78 is 4.93. The van der Waals surface area contributed by atoms with Gasteiger partial charge in [0.05, 0.1) is 7.11 Å². The Labute approximate surface area is 93.3 Å². The molecule has 3 heteroatoms. The lowest BCUT2D eigenvalue weighted by Gasteiger charge is -2.21. The molecular formula is C12H22N2O. The zero-order valence-corrected chi connectivity index (χ0v) is 10.3. The fourth-order valence-electron chi connectivity index (χ4n) is 0.878. The van der Waals surface area contributed by atoms with Gasteiger partial charge in [-0.1, -0.05) is 13.2 Å². The zero-order valence-electron chi connectivity index (χ0n) is 10.3. The first-order valence-electron chi connectivity index (χ1n) is 4.93. The summed E-state index contributed by atoms with van der Waals surface area (Å²) in [6.45, 7) is 9.63. The monoisotopic (exact) mass is 210 g/mol. The third-order valence-corrected chi connectivity index (χ3v) is 2.10. The summed E-state index contributed by atoms with van der Waals surface area (Å²) in [6.07, 6.45) is 3.72. The third-order valence-electron chi connectivity index (χ3n) is 2.10. The molecule has 0 aromatic carbocycles. The van der Waals surface area contributed by atoms with E-state index in [4.69, 9.17) is 4.74 Å². The van der Waals surface area contributed by atoms with Crippen molar-refractivity contribution in [3.8, 4) is 0 Å². The average molecular weight is 210 g/mol. The number of likely N-dealkylation sites (N-methyl/N-ethyl adjacent to an activating group) is 2. The predicted octanol–water partition coefficient (Wildman–Crippen LogP) is 1.71. The molecule has 0 aliphatic rings. The van der Waals surface area contributed by atoms with E-state index < -0.39 is 0 Å². The fraction of sp³-hybridized carbons (Fsp3) is 0.500. The van der Waals surface area contributed by atoms with Crippen molar-refractivity contribution in [2.45, 2.75) is 0 Å². The lowest BCUT2D eigenvalue weighted by Crippen LogP contribution is -2.27. The van der Waals surface area contributed by atoms with Crippen LogP contribution in [0.2, 0.25) is 0 Å². The molecule has 15 heavy (non-hydrogen) atoms. The molecular weight excluding hydrogens is 188 g/mol. The number of hydrogen-bond donors (Lipinski definition) is 0. The second kappa shape index (κ2) is 7.12. The maximum atomic E-state index is 4.93. The largest absolute Gasteiger partial charge is 0.497 e. The lowest BCUT2D eigenvalue weighted by molar-refractivity contribution is 0.308. The van der Waals surface area contributed by atoms with Crippen molar-refractivity contribution in [2.24, 2.45) is 0 Å². The van der Waals surface area contributed by atoms with Crippen LogP contribution >= 0.6 is 0 Å². The lowest BCUT2D eigenvalue weighted by atomic mass is 10.3.